The first-order valence-electron chi connectivity index (χ1n) is 2.87. The van der Waals surface area contributed by atoms with Gasteiger partial charge in [0.1, 0.15) is 0 Å². The second-order valence-electron chi connectivity index (χ2n) is 2.98. The fourth-order valence-electron chi connectivity index (χ4n) is 0.337. The van der Waals surface area contributed by atoms with Crippen LogP contribution in [0.15, 0.2) is 0 Å². The van der Waals surface area contributed by atoms with Crippen molar-refractivity contribution in [2.24, 2.45) is 0 Å². The van der Waals surface area contributed by atoms with E-state index in [-0.39, 0.29) is 12.1 Å². The number of hydrogen-bond acceptors (Lipinski definition) is 2. The highest BCUT2D eigenvalue weighted by molar-refractivity contribution is 5.68. The highest BCUT2D eigenvalue weighted by Crippen LogP contribution is 1.96. The molecular formula is C6H12NO2. The standard InChI is InChI=1S/C6H12NO2/c1-6(2,3)7-4-5(8)9/h7H,4H2,1-3H3. The zero-order chi connectivity index (χ0) is 7.49. The summed E-state index contributed by atoms with van der Waals surface area (Å²) in [6.45, 7) is 5.62. The summed E-state index contributed by atoms with van der Waals surface area (Å²) in [6, 6.07) is 0. The number of carbonyl (C=O) groups excluding carboxylic acids is 1. The van der Waals surface area contributed by atoms with Gasteiger partial charge in [-0.05, 0) is 20.8 Å². The Bertz CT molecular complexity index is 104. The lowest BCUT2D eigenvalue weighted by atomic mass is 10.1. The molecule has 3 nitrogen and oxygen atoms in total. The van der Waals surface area contributed by atoms with Gasteiger partial charge in [0, 0.05) is 5.54 Å². The first kappa shape index (κ1) is 8.43. The summed E-state index contributed by atoms with van der Waals surface area (Å²) in [7, 11) is 0. The number of carbonyl (C=O) groups is 1. The predicted octanol–water partition coefficient (Wildman–Crippen LogP) is 0.332. The molecule has 3 heteroatoms. The summed E-state index contributed by atoms with van der Waals surface area (Å²) in [5, 5.41) is 12.6. The molecule has 0 atom stereocenters. The maximum absolute atomic E-state index is 9.87. The molecule has 9 heavy (non-hydrogen) atoms. The molecule has 0 aliphatic heterocycles. The lowest BCUT2D eigenvalue weighted by molar-refractivity contribution is -0.142. The van der Waals surface area contributed by atoms with Gasteiger partial charge in [-0.15, -0.1) is 0 Å². The van der Waals surface area contributed by atoms with Crippen LogP contribution in [0.25, 0.3) is 0 Å². The fourth-order valence-corrected chi connectivity index (χ4v) is 0.337. The maximum Gasteiger partial charge on any atom is 0.369 e. The SMILES string of the molecule is CC(C)(C)NCC([O])=O. The average molecular weight is 130 g/mol. The van der Waals surface area contributed by atoms with Crippen LogP contribution in [-0.2, 0) is 9.90 Å². The fraction of sp³-hybridized carbons (Fsp3) is 0.833. The number of hydrogen-bond donors (Lipinski definition) is 1. The molecule has 0 saturated heterocycles. The molecule has 0 heterocycles. The van der Waals surface area contributed by atoms with Gasteiger partial charge in [0.15, 0.2) is 0 Å². The normalized spacial score (nSPS) is 11.4. The highest BCUT2D eigenvalue weighted by Gasteiger charge is 2.10. The zero-order valence-corrected chi connectivity index (χ0v) is 6.02. The van der Waals surface area contributed by atoms with Crippen LogP contribution in [0, 0.1) is 0 Å². The lowest BCUT2D eigenvalue weighted by Gasteiger charge is -2.17. The molecule has 0 unspecified atom stereocenters. The smallest absolute Gasteiger partial charge is 0.302 e. The zero-order valence-electron chi connectivity index (χ0n) is 6.02. The van der Waals surface area contributed by atoms with Crippen LogP contribution < -0.4 is 5.32 Å². The Balaban J connectivity index is 3.39. The lowest BCUT2D eigenvalue weighted by Crippen LogP contribution is -2.38. The predicted molar refractivity (Wildman–Crippen MR) is 33.4 cm³/mol. The van der Waals surface area contributed by atoms with E-state index in [1.165, 1.54) is 0 Å². The quantitative estimate of drug-likeness (QED) is 0.585. The summed E-state index contributed by atoms with van der Waals surface area (Å²) in [5.74, 6) is -1.06. The van der Waals surface area contributed by atoms with Crippen LogP contribution in [0.2, 0.25) is 0 Å². The average Bonchev–Trinajstić information content (AvgIpc) is 1.59. The summed E-state index contributed by atoms with van der Waals surface area (Å²) >= 11 is 0. The molecule has 0 aliphatic rings. The van der Waals surface area contributed by atoms with E-state index in [4.69, 9.17) is 0 Å². The van der Waals surface area contributed by atoms with Crippen LogP contribution in [0.4, 0.5) is 0 Å². The van der Waals surface area contributed by atoms with E-state index in [9.17, 15) is 9.90 Å². The molecule has 1 radical (unpaired) electrons. The van der Waals surface area contributed by atoms with Crippen molar-refractivity contribution in [3.63, 3.8) is 0 Å². The maximum atomic E-state index is 9.87. The largest absolute Gasteiger partial charge is 0.369 e. The van der Waals surface area contributed by atoms with E-state index in [1.54, 1.807) is 0 Å². The van der Waals surface area contributed by atoms with Crippen LogP contribution in [0.3, 0.4) is 0 Å². The van der Waals surface area contributed by atoms with Crippen LogP contribution in [0.5, 0.6) is 0 Å². The highest BCUT2D eigenvalue weighted by atomic mass is 16.4. The molecular weight excluding hydrogens is 118 g/mol. The minimum atomic E-state index is -1.06. The van der Waals surface area contributed by atoms with Gasteiger partial charge in [-0.3, -0.25) is 0 Å². The summed E-state index contributed by atoms with van der Waals surface area (Å²) < 4.78 is 0. The van der Waals surface area contributed by atoms with E-state index in [0.717, 1.165) is 0 Å². The molecule has 0 bridgehead atoms. The molecule has 0 saturated carbocycles. The Morgan fingerprint density at radius 2 is 1.89 bits per heavy atom. The van der Waals surface area contributed by atoms with Gasteiger partial charge in [-0.2, -0.15) is 0 Å². The molecule has 0 fully saturated rings. The molecule has 0 aromatic rings. The van der Waals surface area contributed by atoms with Gasteiger partial charge in [0.25, 0.3) is 0 Å². The van der Waals surface area contributed by atoms with Crippen molar-refractivity contribution in [1.29, 1.82) is 0 Å². The van der Waals surface area contributed by atoms with Crippen molar-refractivity contribution >= 4 is 5.97 Å². The topological polar surface area (TPSA) is 49.0 Å². The number of rotatable bonds is 2. The molecule has 0 aromatic heterocycles. The monoisotopic (exact) mass is 130 g/mol. The van der Waals surface area contributed by atoms with Gasteiger partial charge in [-0.25, -0.2) is 9.90 Å². The summed E-state index contributed by atoms with van der Waals surface area (Å²) in [5.41, 5.74) is -0.139. The van der Waals surface area contributed by atoms with E-state index in [2.05, 4.69) is 5.32 Å². The van der Waals surface area contributed by atoms with E-state index < -0.39 is 5.97 Å². The van der Waals surface area contributed by atoms with Crippen LogP contribution >= 0.6 is 0 Å². The van der Waals surface area contributed by atoms with Gasteiger partial charge < -0.3 is 5.32 Å². The van der Waals surface area contributed by atoms with Gasteiger partial charge in [-0.1, -0.05) is 0 Å². The Morgan fingerprint density at radius 1 is 1.44 bits per heavy atom. The first-order chi connectivity index (χ1) is 3.92. The number of nitrogens with one attached hydrogen (secondary N) is 1. The van der Waals surface area contributed by atoms with Crippen molar-refractivity contribution in [2.75, 3.05) is 6.54 Å². The van der Waals surface area contributed by atoms with Crippen molar-refractivity contribution in [3.05, 3.63) is 0 Å². The van der Waals surface area contributed by atoms with E-state index in [1.807, 2.05) is 20.8 Å². The second-order valence-corrected chi connectivity index (χ2v) is 2.98. The third kappa shape index (κ3) is 7.43. The van der Waals surface area contributed by atoms with Crippen LogP contribution in [0.1, 0.15) is 20.8 Å². The summed E-state index contributed by atoms with van der Waals surface area (Å²) in [4.78, 5) is 9.87. The van der Waals surface area contributed by atoms with Crippen molar-refractivity contribution in [3.8, 4) is 0 Å². The Kier molecular flexibility index (Phi) is 2.65. The molecule has 0 aliphatic carbocycles. The van der Waals surface area contributed by atoms with Crippen LogP contribution in [-0.4, -0.2) is 18.1 Å². The minimum absolute atomic E-state index is 0.0799. The third-order valence-electron chi connectivity index (χ3n) is 0.763. The van der Waals surface area contributed by atoms with E-state index in [0.29, 0.717) is 0 Å². The van der Waals surface area contributed by atoms with Gasteiger partial charge in [0.2, 0.25) is 0 Å². The molecule has 0 aromatic carbocycles. The Morgan fingerprint density at radius 3 is 2.00 bits per heavy atom. The Labute approximate surface area is 55.1 Å². The van der Waals surface area contributed by atoms with Crippen molar-refractivity contribution in [1.82, 2.24) is 5.32 Å². The second kappa shape index (κ2) is 2.82. The Hall–Kier alpha value is -0.570. The first-order valence-corrected chi connectivity index (χ1v) is 2.87. The van der Waals surface area contributed by atoms with Gasteiger partial charge in [0.05, 0.1) is 6.54 Å². The summed E-state index contributed by atoms with van der Waals surface area (Å²) in [6.07, 6.45) is 0. The van der Waals surface area contributed by atoms with E-state index >= 15 is 0 Å². The van der Waals surface area contributed by atoms with Gasteiger partial charge >= 0.3 is 5.97 Å². The molecule has 1 N–H and O–H groups in total. The minimum Gasteiger partial charge on any atom is -0.302 e. The molecule has 0 amide bonds. The molecule has 0 spiro atoms. The third-order valence-corrected chi connectivity index (χ3v) is 0.763. The van der Waals surface area contributed by atoms with Crippen molar-refractivity contribution in [2.45, 2.75) is 26.3 Å². The van der Waals surface area contributed by atoms with Crippen molar-refractivity contribution < 1.29 is 9.90 Å². The molecule has 53 valence electrons. The molecule has 0 rings (SSSR count).